The van der Waals surface area contributed by atoms with Crippen LogP contribution < -0.4 is 0 Å². The Labute approximate surface area is 99.2 Å². The van der Waals surface area contributed by atoms with E-state index in [-0.39, 0.29) is 5.57 Å². The average molecular weight is 318 g/mol. The van der Waals surface area contributed by atoms with Gasteiger partial charge in [0.1, 0.15) is 11.4 Å². The van der Waals surface area contributed by atoms with Gasteiger partial charge in [-0.1, -0.05) is 0 Å². The maximum absolute atomic E-state index is 10.8. The van der Waals surface area contributed by atoms with Crippen molar-refractivity contribution < 1.29 is 15.0 Å². The van der Waals surface area contributed by atoms with E-state index in [4.69, 9.17) is 5.11 Å². The van der Waals surface area contributed by atoms with Gasteiger partial charge in [0.05, 0.1) is 0 Å². The summed E-state index contributed by atoms with van der Waals surface area (Å²) in [5.74, 6) is -0.629. The zero-order valence-corrected chi connectivity index (χ0v) is 9.62. The highest BCUT2D eigenvalue weighted by Crippen LogP contribution is 2.23. The molecule has 1 atom stereocenters. The summed E-state index contributed by atoms with van der Waals surface area (Å²) < 4.78 is 0.900. The van der Waals surface area contributed by atoms with Crippen LogP contribution in [0.4, 0.5) is 0 Å². The van der Waals surface area contributed by atoms with Crippen molar-refractivity contribution in [3.63, 3.8) is 0 Å². The number of carboxylic acids is 1. The Hall–Kier alpha value is -1.15. The van der Waals surface area contributed by atoms with Gasteiger partial charge in [-0.2, -0.15) is 0 Å². The third-order valence-corrected chi connectivity index (χ3v) is 2.68. The molecule has 0 amide bonds. The first-order chi connectivity index (χ1) is 7.09. The van der Waals surface area contributed by atoms with Gasteiger partial charge in [-0.3, -0.25) is 0 Å². The van der Waals surface area contributed by atoms with Crippen molar-refractivity contribution in [2.75, 3.05) is 0 Å². The number of halogens is 1. The maximum Gasteiger partial charge on any atom is 0.337 e. The number of carbonyl (C=O) groups is 1. The molecule has 15 heavy (non-hydrogen) atoms. The molecule has 0 spiro atoms. The summed E-state index contributed by atoms with van der Waals surface area (Å²) in [7, 11) is 0. The Balaban J connectivity index is 2.40. The van der Waals surface area contributed by atoms with Crippen LogP contribution in [0.5, 0.6) is 0 Å². The van der Waals surface area contributed by atoms with Gasteiger partial charge in [-0.05, 0) is 34.7 Å². The van der Waals surface area contributed by atoms with Gasteiger partial charge in [0.15, 0.2) is 6.23 Å². The van der Waals surface area contributed by atoms with Crippen LogP contribution in [0.15, 0.2) is 38.7 Å². The maximum atomic E-state index is 10.8. The molecule has 2 aliphatic heterocycles. The van der Waals surface area contributed by atoms with E-state index in [9.17, 15) is 9.90 Å². The normalized spacial score (nSPS) is 24.0. The van der Waals surface area contributed by atoms with Crippen molar-refractivity contribution in [2.24, 2.45) is 4.99 Å². The van der Waals surface area contributed by atoms with E-state index in [1.807, 2.05) is 6.08 Å². The largest absolute Gasteiger partial charge is 0.478 e. The fourth-order valence-corrected chi connectivity index (χ4v) is 1.79. The molecule has 0 radical (unpaired) electrons. The Morgan fingerprint density at radius 2 is 2.27 bits per heavy atom. The van der Waals surface area contributed by atoms with Crippen LogP contribution in [0, 0.1) is 0 Å². The van der Waals surface area contributed by atoms with E-state index in [1.54, 1.807) is 12.3 Å². The van der Waals surface area contributed by atoms with Gasteiger partial charge < -0.3 is 15.1 Å². The average Bonchev–Trinajstić information content (AvgIpc) is 2.19. The molecule has 0 aromatic carbocycles. The number of fused-ring (bicyclic) bond motifs is 1. The van der Waals surface area contributed by atoms with Crippen LogP contribution in [0.3, 0.4) is 0 Å². The molecule has 2 heterocycles. The van der Waals surface area contributed by atoms with Crippen LogP contribution in [0.1, 0.15) is 0 Å². The van der Waals surface area contributed by atoms with Gasteiger partial charge in [0.2, 0.25) is 0 Å². The summed E-state index contributed by atoms with van der Waals surface area (Å²) in [4.78, 5) is 16.1. The van der Waals surface area contributed by atoms with Crippen molar-refractivity contribution in [3.8, 4) is 0 Å². The lowest BCUT2D eigenvalue weighted by atomic mass is 10.2. The van der Waals surface area contributed by atoms with Crippen molar-refractivity contribution in [1.82, 2.24) is 4.90 Å². The molecule has 0 unspecified atom stereocenters. The quantitative estimate of drug-likeness (QED) is 0.703. The molecule has 0 saturated carbocycles. The number of hydrogen-bond donors (Lipinski definition) is 2. The van der Waals surface area contributed by atoms with Crippen molar-refractivity contribution >= 4 is 34.4 Å². The molecule has 0 aliphatic carbocycles. The second kappa shape index (κ2) is 3.78. The van der Waals surface area contributed by atoms with Gasteiger partial charge in [0.25, 0.3) is 0 Å². The summed E-state index contributed by atoms with van der Waals surface area (Å²) in [5.41, 5.74) is -0.130. The minimum Gasteiger partial charge on any atom is -0.478 e. The molecular weight excluding hydrogens is 311 g/mol. The van der Waals surface area contributed by atoms with Crippen molar-refractivity contribution in [1.29, 1.82) is 0 Å². The van der Waals surface area contributed by atoms with E-state index in [0.29, 0.717) is 5.84 Å². The number of aliphatic imine (C=N–C) groups is 1. The SMILES string of the molecule is O=C(O)C1=CN=C2C=CC(I)=CN2[C@H]1O. The fourth-order valence-electron chi connectivity index (χ4n) is 1.31. The molecule has 0 aromatic rings. The van der Waals surface area contributed by atoms with Gasteiger partial charge in [-0.25, -0.2) is 9.79 Å². The Bertz CT molecular complexity index is 437. The molecule has 2 aliphatic rings. The van der Waals surface area contributed by atoms with Crippen molar-refractivity contribution in [3.05, 3.63) is 33.7 Å². The number of hydrogen-bond acceptors (Lipinski definition) is 4. The zero-order chi connectivity index (χ0) is 11.0. The van der Waals surface area contributed by atoms with E-state index >= 15 is 0 Å². The molecule has 0 aromatic heterocycles. The Morgan fingerprint density at radius 1 is 1.53 bits per heavy atom. The molecule has 5 nitrogen and oxygen atoms in total. The fraction of sp³-hybridized carbons (Fsp3) is 0.111. The zero-order valence-electron chi connectivity index (χ0n) is 7.46. The number of aliphatic carboxylic acids is 1. The predicted molar refractivity (Wildman–Crippen MR) is 62.2 cm³/mol. The summed E-state index contributed by atoms with van der Waals surface area (Å²) in [5, 5.41) is 18.6. The first kappa shape index (κ1) is 10.4. The lowest BCUT2D eigenvalue weighted by Gasteiger charge is -2.30. The lowest BCUT2D eigenvalue weighted by molar-refractivity contribution is -0.134. The highest BCUT2D eigenvalue weighted by Gasteiger charge is 2.29. The number of aliphatic hydroxyl groups excluding tert-OH is 1. The second-order valence-electron chi connectivity index (χ2n) is 3.01. The van der Waals surface area contributed by atoms with Gasteiger partial charge >= 0.3 is 5.97 Å². The van der Waals surface area contributed by atoms with E-state index in [0.717, 1.165) is 3.58 Å². The van der Waals surface area contributed by atoms with E-state index < -0.39 is 12.2 Å². The van der Waals surface area contributed by atoms with Crippen LogP contribution in [0.25, 0.3) is 0 Å². The number of nitrogens with zero attached hydrogens (tertiary/aromatic N) is 2. The minimum absolute atomic E-state index is 0.130. The van der Waals surface area contributed by atoms with E-state index in [1.165, 1.54) is 11.1 Å². The molecule has 78 valence electrons. The highest BCUT2D eigenvalue weighted by atomic mass is 127. The summed E-state index contributed by atoms with van der Waals surface area (Å²) in [6.07, 6.45) is 5.21. The Kier molecular flexibility index (Phi) is 2.61. The topological polar surface area (TPSA) is 73.1 Å². The molecule has 0 fully saturated rings. The molecular formula is C9H7IN2O3. The minimum atomic E-state index is -1.18. The van der Waals surface area contributed by atoms with Crippen LogP contribution in [-0.2, 0) is 4.79 Å². The predicted octanol–water partition coefficient (Wildman–Crippen LogP) is 0.834. The Morgan fingerprint density at radius 3 is 2.93 bits per heavy atom. The highest BCUT2D eigenvalue weighted by molar-refractivity contribution is 14.1. The van der Waals surface area contributed by atoms with E-state index in [2.05, 4.69) is 27.6 Å². The van der Waals surface area contributed by atoms with Crippen molar-refractivity contribution in [2.45, 2.75) is 6.23 Å². The third kappa shape index (κ3) is 1.82. The first-order valence-corrected chi connectivity index (χ1v) is 5.20. The molecule has 2 rings (SSSR count). The standard InChI is InChI=1S/C9H7IN2O3/c10-5-1-2-7-11-3-6(9(14)15)8(13)12(7)4-5/h1-4,8,13H,(H,14,15)/t8-/m0/s1. The summed E-state index contributed by atoms with van der Waals surface area (Å²) in [6, 6.07) is 0. The summed E-state index contributed by atoms with van der Waals surface area (Å²) in [6.45, 7) is 0. The molecule has 6 heteroatoms. The number of carboxylic acid groups (broad SMARTS) is 1. The lowest BCUT2D eigenvalue weighted by Crippen LogP contribution is -2.41. The number of allylic oxidation sites excluding steroid dienone is 2. The van der Waals surface area contributed by atoms with Crippen LogP contribution >= 0.6 is 22.6 Å². The second-order valence-corrected chi connectivity index (χ2v) is 4.25. The van der Waals surface area contributed by atoms with Gasteiger partial charge in [-0.15, -0.1) is 0 Å². The monoisotopic (exact) mass is 318 g/mol. The number of rotatable bonds is 1. The molecule has 0 saturated heterocycles. The number of aliphatic hydroxyl groups is 1. The molecule has 0 bridgehead atoms. The molecule has 2 N–H and O–H groups in total. The number of amidine groups is 1. The van der Waals surface area contributed by atoms with Crippen LogP contribution in [-0.4, -0.2) is 33.1 Å². The smallest absolute Gasteiger partial charge is 0.337 e. The first-order valence-electron chi connectivity index (χ1n) is 4.12. The van der Waals surface area contributed by atoms with Crippen LogP contribution in [0.2, 0.25) is 0 Å². The van der Waals surface area contributed by atoms with Gasteiger partial charge in [0, 0.05) is 16.0 Å². The third-order valence-electron chi connectivity index (χ3n) is 2.04. The summed E-state index contributed by atoms with van der Waals surface area (Å²) >= 11 is 2.08.